The lowest BCUT2D eigenvalue weighted by molar-refractivity contribution is -0.00337. The molecule has 0 bridgehead atoms. The van der Waals surface area contributed by atoms with E-state index in [1.54, 1.807) is 6.08 Å². The lowest BCUT2D eigenvalue weighted by Gasteiger charge is -2.32. The van der Waals surface area contributed by atoms with Crippen molar-refractivity contribution in [1.82, 2.24) is 0 Å². The summed E-state index contributed by atoms with van der Waals surface area (Å²) in [5.74, 6) is 2.06. The quantitative estimate of drug-likeness (QED) is 0.573. The summed E-state index contributed by atoms with van der Waals surface area (Å²) >= 11 is 0. The van der Waals surface area contributed by atoms with Crippen LogP contribution in [0.1, 0.15) is 75.3 Å². The van der Waals surface area contributed by atoms with Crippen molar-refractivity contribution < 1.29 is 4.74 Å². The summed E-state index contributed by atoms with van der Waals surface area (Å²) in [5.41, 5.74) is 2.95. The summed E-state index contributed by atoms with van der Waals surface area (Å²) in [6.07, 6.45) is 15.2. The van der Waals surface area contributed by atoms with Gasteiger partial charge < -0.3 is 4.74 Å². The summed E-state index contributed by atoms with van der Waals surface area (Å²) < 4.78 is 6.29. The van der Waals surface area contributed by atoms with Crippen LogP contribution in [-0.4, -0.2) is 12.7 Å². The van der Waals surface area contributed by atoms with Gasteiger partial charge in [-0.15, -0.1) is 0 Å². The third kappa shape index (κ3) is 5.45. The smallest absolute Gasteiger partial charge is 0.0908 e. The molecule has 0 spiro atoms. The first kappa shape index (κ1) is 19.2. The zero-order chi connectivity index (χ0) is 18.2. The Morgan fingerprint density at radius 1 is 1.00 bits per heavy atom. The fourth-order valence-corrected chi connectivity index (χ4v) is 4.59. The van der Waals surface area contributed by atoms with Gasteiger partial charge in [-0.3, -0.25) is 0 Å². The highest BCUT2D eigenvalue weighted by molar-refractivity contribution is 5.25. The molecule has 3 rings (SSSR count). The fourth-order valence-electron chi connectivity index (χ4n) is 4.59. The van der Waals surface area contributed by atoms with E-state index in [9.17, 15) is 0 Å². The van der Waals surface area contributed by atoms with Crippen molar-refractivity contribution in [3.63, 3.8) is 0 Å². The van der Waals surface area contributed by atoms with Crippen LogP contribution in [0.25, 0.3) is 0 Å². The Hall–Kier alpha value is -1.59. The maximum atomic E-state index is 8.64. The van der Waals surface area contributed by atoms with Crippen molar-refractivity contribution in [3.05, 3.63) is 47.5 Å². The molecular weight excluding hydrogens is 318 g/mol. The minimum Gasteiger partial charge on any atom is -0.378 e. The molecule has 0 amide bonds. The van der Waals surface area contributed by atoms with E-state index < -0.39 is 0 Å². The molecule has 0 heterocycles. The third-order valence-corrected chi connectivity index (χ3v) is 6.44. The van der Waals surface area contributed by atoms with Crippen molar-refractivity contribution in [2.45, 2.75) is 76.7 Å². The van der Waals surface area contributed by atoms with E-state index in [0.29, 0.717) is 12.0 Å². The Bertz CT molecular complexity index is 596. The SMILES string of the molecule is CCc1ccc([C@H]2CC[C@H](OC[C@H]3CC[C@H](/C=C/C#N)CC3)CC2)cc1. The van der Waals surface area contributed by atoms with Gasteiger partial charge in [-0.2, -0.15) is 5.26 Å². The Morgan fingerprint density at radius 2 is 1.69 bits per heavy atom. The molecule has 26 heavy (non-hydrogen) atoms. The van der Waals surface area contributed by atoms with E-state index in [4.69, 9.17) is 10.00 Å². The first-order valence-electron chi connectivity index (χ1n) is 10.5. The van der Waals surface area contributed by atoms with Crippen LogP contribution < -0.4 is 0 Å². The van der Waals surface area contributed by atoms with Gasteiger partial charge in [0.15, 0.2) is 0 Å². The first-order chi connectivity index (χ1) is 12.8. The lowest BCUT2D eigenvalue weighted by Crippen LogP contribution is -2.25. The molecule has 0 aliphatic heterocycles. The summed E-state index contributed by atoms with van der Waals surface area (Å²) in [6, 6.07) is 11.4. The van der Waals surface area contributed by atoms with Gasteiger partial charge in [0.1, 0.15) is 0 Å². The predicted molar refractivity (Wildman–Crippen MR) is 107 cm³/mol. The van der Waals surface area contributed by atoms with Gasteiger partial charge in [0.05, 0.1) is 12.2 Å². The Kier molecular flexibility index (Phi) is 7.32. The third-order valence-electron chi connectivity index (χ3n) is 6.44. The zero-order valence-corrected chi connectivity index (χ0v) is 16.2. The molecule has 0 atom stereocenters. The van der Waals surface area contributed by atoms with Crippen molar-refractivity contribution in [2.24, 2.45) is 11.8 Å². The largest absolute Gasteiger partial charge is 0.378 e. The average molecular weight is 352 g/mol. The highest BCUT2D eigenvalue weighted by Crippen LogP contribution is 2.35. The van der Waals surface area contributed by atoms with Crippen LogP contribution in [0.3, 0.4) is 0 Å². The molecular formula is C24H33NO. The van der Waals surface area contributed by atoms with Gasteiger partial charge in [-0.25, -0.2) is 0 Å². The lowest BCUT2D eigenvalue weighted by atomic mass is 9.81. The summed E-state index contributed by atoms with van der Waals surface area (Å²) in [5, 5.41) is 8.64. The van der Waals surface area contributed by atoms with Crippen LogP contribution in [0, 0.1) is 23.2 Å². The second kappa shape index (κ2) is 9.93. The van der Waals surface area contributed by atoms with Crippen LogP contribution in [0.15, 0.2) is 36.4 Å². The van der Waals surface area contributed by atoms with Gasteiger partial charge in [-0.05, 0) is 86.7 Å². The summed E-state index contributed by atoms with van der Waals surface area (Å²) in [4.78, 5) is 0. The minimum absolute atomic E-state index is 0.470. The van der Waals surface area contributed by atoms with Gasteiger partial charge in [0, 0.05) is 12.7 Å². The van der Waals surface area contributed by atoms with E-state index in [-0.39, 0.29) is 0 Å². The molecule has 2 aliphatic carbocycles. The number of benzene rings is 1. The molecule has 140 valence electrons. The molecule has 0 radical (unpaired) electrons. The highest BCUT2D eigenvalue weighted by atomic mass is 16.5. The number of aryl methyl sites for hydroxylation is 1. The number of hydrogen-bond donors (Lipinski definition) is 0. The Labute approximate surface area is 159 Å². The maximum absolute atomic E-state index is 8.64. The average Bonchev–Trinajstić information content (AvgIpc) is 2.72. The first-order valence-corrected chi connectivity index (χ1v) is 10.5. The van der Waals surface area contributed by atoms with Crippen LogP contribution in [0.2, 0.25) is 0 Å². The zero-order valence-electron chi connectivity index (χ0n) is 16.2. The number of nitrogens with zero attached hydrogens (tertiary/aromatic N) is 1. The number of rotatable bonds is 6. The molecule has 0 saturated heterocycles. The van der Waals surface area contributed by atoms with Gasteiger partial charge >= 0.3 is 0 Å². The fraction of sp³-hybridized carbons (Fsp3) is 0.625. The van der Waals surface area contributed by atoms with Gasteiger partial charge in [0.2, 0.25) is 0 Å². The van der Waals surface area contributed by atoms with E-state index in [1.165, 1.54) is 62.5 Å². The minimum atomic E-state index is 0.470. The number of hydrogen-bond acceptors (Lipinski definition) is 2. The summed E-state index contributed by atoms with van der Waals surface area (Å²) in [6.45, 7) is 3.16. The van der Waals surface area contributed by atoms with Gasteiger partial charge in [0.25, 0.3) is 0 Å². The molecule has 2 aliphatic rings. The number of ether oxygens (including phenoxy) is 1. The molecule has 1 aromatic rings. The van der Waals surface area contributed by atoms with Crippen molar-refractivity contribution >= 4 is 0 Å². The number of nitriles is 1. The van der Waals surface area contributed by atoms with Crippen LogP contribution in [0.5, 0.6) is 0 Å². The monoisotopic (exact) mass is 351 g/mol. The van der Waals surface area contributed by atoms with Crippen LogP contribution >= 0.6 is 0 Å². The number of allylic oxidation sites excluding steroid dienone is 2. The van der Waals surface area contributed by atoms with E-state index >= 15 is 0 Å². The molecule has 0 N–H and O–H groups in total. The predicted octanol–water partition coefficient (Wildman–Crippen LogP) is 6.18. The van der Waals surface area contributed by atoms with Crippen molar-refractivity contribution in [1.29, 1.82) is 5.26 Å². The summed E-state index contributed by atoms with van der Waals surface area (Å²) in [7, 11) is 0. The molecule has 2 saturated carbocycles. The molecule has 2 fully saturated rings. The van der Waals surface area contributed by atoms with Crippen molar-refractivity contribution in [3.8, 4) is 6.07 Å². The van der Waals surface area contributed by atoms with Crippen LogP contribution in [0.4, 0.5) is 0 Å². The normalized spacial score (nSPS) is 29.5. The second-order valence-corrected chi connectivity index (χ2v) is 8.17. The van der Waals surface area contributed by atoms with E-state index in [2.05, 4.69) is 43.3 Å². The standard InChI is InChI=1S/C24H33NO/c1-2-19-9-11-22(12-10-19)23-13-15-24(16-14-23)26-18-21-7-5-20(6-8-21)4-3-17-25/h3-4,9-12,20-21,23-24H,2,5-8,13-16,18H2,1H3/b4-3+/t20-,21-,23-,24-. The topological polar surface area (TPSA) is 33.0 Å². The Morgan fingerprint density at radius 3 is 2.31 bits per heavy atom. The van der Waals surface area contributed by atoms with E-state index in [1.807, 2.05) is 0 Å². The molecule has 2 nitrogen and oxygen atoms in total. The molecule has 0 unspecified atom stereocenters. The Balaban J connectivity index is 1.35. The molecule has 0 aromatic heterocycles. The van der Waals surface area contributed by atoms with Gasteiger partial charge in [-0.1, -0.05) is 37.3 Å². The molecule has 1 aromatic carbocycles. The second-order valence-electron chi connectivity index (χ2n) is 8.17. The van der Waals surface area contributed by atoms with E-state index in [0.717, 1.165) is 24.9 Å². The molecule has 2 heteroatoms. The van der Waals surface area contributed by atoms with Crippen LogP contribution in [-0.2, 0) is 11.2 Å². The maximum Gasteiger partial charge on any atom is 0.0908 e. The van der Waals surface area contributed by atoms with Crippen molar-refractivity contribution in [2.75, 3.05) is 6.61 Å². The highest BCUT2D eigenvalue weighted by Gasteiger charge is 2.25.